The van der Waals surface area contributed by atoms with Crippen molar-refractivity contribution in [3.05, 3.63) is 51.6 Å². The van der Waals surface area contributed by atoms with Gasteiger partial charge >= 0.3 is 0 Å². The Hall–Kier alpha value is -3.62. The van der Waals surface area contributed by atoms with Gasteiger partial charge in [-0.3, -0.25) is 19.7 Å². The number of fused-ring (bicyclic) bond motifs is 1. The Bertz CT molecular complexity index is 989. The van der Waals surface area contributed by atoms with Crippen LogP contribution in [0, 0.1) is 24.0 Å². The van der Waals surface area contributed by atoms with Gasteiger partial charge in [0.05, 0.1) is 35.4 Å². The van der Waals surface area contributed by atoms with Gasteiger partial charge in [-0.15, -0.1) is 0 Å². The van der Waals surface area contributed by atoms with Crippen LogP contribution in [-0.4, -0.2) is 29.4 Å². The molecule has 0 bridgehead atoms. The SMILES string of the molecule is CCOc1ccc(NC(=O)CC2Nc3cc(C)c(C)cc3NC2=O)c([N+](=O)[O-])c1. The number of nitrogens with zero attached hydrogens (tertiary/aromatic N) is 1. The summed E-state index contributed by atoms with van der Waals surface area (Å²) in [6.45, 7) is 6.04. The number of nitro benzene ring substituents is 1. The van der Waals surface area contributed by atoms with Crippen LogP contribution in [0.4, 0.5) is 22.7 Å². The van der Waals surface area contributed by atoms with Gasteiger partial charge in [0.15, 0.2) is 0 Å². The first kappa shape index (κ1) is 20.1. The summed E-state index contributed by atoms with van der Waals surface area (Å²) in [4.78, 5) is 35.5. The number of ether oxygens (including phenoxy) is 1. The fourth-order valence-electron chi connectivity index (χ4n) is 3.07. The number of aryl methyl sites for hydroxylation is 2. The van der Waals surface area contributed by atoms with E-state index in [4.69, 9.17) is 4.74 Å². The fraction of sp³-hybridized carbons (Fsp3) is 0.300. The number of rotatable bonds is 6. The van der Waals surface area contributed by atoms with Crippen LogP contribution in [0.15, 0.2) is 30.3 Å². The summed E-state index contributed by atoms with van der Waals surface area (Å²) in [7, 11) is 0. The molecule has 0 spiro atoms. The van der Waals surface area contributed by atoms with Gasteiger partial charge in [0.25, 0.3) is 5.69 Å². The lowest BCUT2D eigenvalue weighted by atomic mass is 10.0. The van der Waals surface area contributed by atoms with Crippen LogP contribution < -0.4 is 20.7 Å². The number of carbonyl (C=O) groups excluding carboxylic acids is 2. The van der Waals surface area contributed by atoms with E-state index in [1.807, 2.05) is 26.0 Å². The van der Waals surface area contributed by atoms with Gasteiger partial charge in [-0.1, -0.05) is 0 Å². The molecule has 1 atom stereocenters. The zero-order valence-corrected chi connectivity index (χ0v) is 16.4. The summed E-state index contributed by atoms with van der Waals surface area (Å²) in [5.41, 5.74) is 3.27. The number of hydrogen-bond donors (Lipinski definition) is 3. The van der Waals surface area contributed by atoms with Gasteiger partial charge in [0.1, 0.15) is 17.5 Å². The smallest absolute Gasteiger partial charge is 0.296 e. The van der Waals surface area contributed by atoms with E-state index in [1.165, 1.54) is 12.1 Å². The monoisotopic (exact) mass is 398 g/mol. The molecule has 1 heterocycles. The molecule has 0 aromatic heterocycles. The second-order valence-corrected chi connectivity index (χ2v) is 6.79. The zero-order chi connectivity index (χ0) is 21.1. The van der Waals surface area contributed by atoms with Crippen molar-refractivity contribution in [2.45, 2.75) is 33.2 Å². The maximum atomic E-state index is 12.5. The van der Waals surface area contributed by atoms with E-state index in [0.29, 0.717) is 18.0 Å². The predicted octanol–water partition coefficient (Wildman–Crippen LogP) is 3.37. The molecule has 0 saturated heterocycles. The van der Waals surface area contributed by atoms with Gasteiger partial charge in [-0.25, -0.2) is 0 Å². The third-order valence-corrected chi connectivity index (χ3v) is 4.68. The van der Waals surface area contributed by atoms with Crippen LogP contribution in [-0.2, 0) is 9.59 Å². The molecule has 2 aromatic rings. The lowest BCUT2D eigenvalue weighted by molar-refractivity contribution is -0.384. The average Bonchev–Trinajstić information content (AvgIpc) is 2.65. The second kappa shape index (κ2) is 8.17. The van der Waals surface area contributed by atoms with Crippen molar-refractivity contribution in [2.75, 3.05) is 22.6 Å². The zero-order valence-electron chi connectivity index (χ0n) is 16.4. The molecule has 0 fully saturated rings. The second-order valence-electron chi connectivity index (χ2n) is 6.79. The Balaban J connectivity index is 1.73. The Labute approximate surface area is 167 Å². The lowest BCUT2D eigenvalue weighted by Gasteiger charge is -2.27. The molecule has 0 radical (unpaired) electrons. The molecular weight excluding hydrogens is 376 g/mol. The Morgan fingerprint density at radius 3 is 2.55 bits per heavy atom. The maximum absolute atomic E-state index is 12.5. The van der Waals surface area contributed by atoms with E-state index in [2.05, 4.69) is 16.0 Å². The Morgan fingerprint density at radius 2 is 1.90 bits per heavy atom. The quantitative estimate of drug-likeness (QED) is 0.506. The van der Waals surface area contributed by atoms with Crippen LogP contribution in [0.5, 0.6) is 5.75 Å². The highest BCUT2D eigenvalue weighted by Crippen LogP contribution is 2.32. The Kier molecular flexibility index (Phi) is 5.67. The summed E-state index contributed by atoms with van der Waals surface area (Å²) < 4.78 is 5.26. The van der Waals surface area contributed by atoms with E-state index in [9.17, 15) is 19.7 Å². The fourth-order valence-corrected chi connectivity index (χ4v) is 3.07. The first-order valence-electron chi connectivity index (χ1n) is 9.18. The van der Waals surface area contributed by atoms with Crippen molar-refractivity contribution in [3.8, 4) is 5.75 Å². The van der Waals surface area contributed by atoms with Gasteiger partial charge in [0, 0.05) is 0 Å². The largest absolute Gasteiger partial charge is 0.494 e. The highest BCUT2D eigenvalue weighted by Gasteiger charge is 2.28. The van der Waals surface area contributed by atoms with Crippen LogP contribution >= 0.6 is 0 Å². The Morgan fingerprint density at radius 1 is 1.21 bits per heavy atom. The summed E-state index contributed by atoms with van der Waals surface area (Å²) in [5, 5.41) is 19.7. The molecule has 2 aromatic carbocycles. The molecule has 29 heavy (non-hydrogen) atoms. The average molecular weight is 398 g/mol. The highest BCUT2D eigenvalue weighted by molar-refractivity contribution is 6.06. The van der Waals surface area contributed by atoms with E-state index in [-0.39, 0.29) is 23.7 Å². The van der Waals surface area contributed by atoms with Crippen molar-refractivity contribution in [1.29, 1.82) is 0 Å². The molecule has 9 nitrogen and oxygen atoms in total. The number of anilines is 3. The van der Waals surface area contributed by atoms with Crippen LogP contribution in [0.3, 0.4) is 0 Å². The summed E-state index contributed by atoms with van der Waals surface area (Å²) in [5.74, 6) is -0.512. The van der Waals surface area contributed by atoms with Crippen molar-refractivity contribution in [2.24, 2.45) is 0 Å². The van der Waals surface area contributed by atoms with Crippen molar-refractivity contribution < 1.29 is 19.2 Å². The van der Waals surface area contributed by atoms with Crippen molar-refractivity contribution in [3.63, 3.8) is 0 Å². The minimum atomic E-state index is -0.786. The number of nitro groups is 1. The molecule has 1 aliphatic heterocycles. The molecule has 3 rings (SSSR count). The summed E-state index contributed by atoms with van der Waals surface area (Å²) in [6, 6.07) is 7.20. The lowest BCUT2D eigenvalue weighted by Crippen LogP contribution is -2.41. The number of nitrogens with one attached hydrogen (secondary N) is 3. The molecule has 0 aliphatic carbocycles. The molecule has 1 aliphatic rings. The van der Waals surface area contributed by atoms with Crippen LogP contribution in [0.2, 0.25) is 0 Å². The third-order valence-electron chi connectivity index (χ3n) is 4.68. The molecule has 3 N–H and O–H groups in total. The van der Waals surface area contributed by atoms with Crippen molar-refractivity contribution >= 4 is 34.6 Å². The van der Waals surface area contributed by atoms with E-state index >= 15 is 0 Å². The predicted molar refractivity (Wildman–Crippen MR) is 109 cm³/mol. The van der Waals surface area contributed by atoms with Gasteiger partial charge in [-0.05, 0) is 56.2 Å². The van der Waals surface area contributed by atoms with E-state index < -0.39 is 16.9 Å². The molecule has 9 heteroatoms. The highest BCUT2D eigenvalue weighted by atomic mass is 16.6. The normalized spacial score (nSPS) is 15.0. The van der Waals surface area contributed by atoms with E-state index in [0.717, 1.165) is 16.8 Å². The number of hydrogen-bond acceptors (Lipinski definition) is 6. The van der Waals surface area contributed by atoms with E-state index in [1.54, 1.807) is 13.0 Å². The van der Waals surface area contributed by atoms with Gasteiger partial charge < -0.3 is 20.7 Å². The number of amides is 2. The third kappa shape index (κ3) is 4.45. The van der Waals surface area contributed by atoms with Gasteiger partial charge in [-0.2, -0.15) is 0 Å². The minimum Gasteiger partial charge on any atom is -0.494 e. The summed E-state index contributed by atoms with van der Waals surface area (Å²) >= 11 is 0. The molecule has 152 valence electrons. The molecule has 1 unspecified atom stereocenters. The first-order valence-corrected chi connectivity index (χ1v) is 9.18. The molecular formula is C20H22N4O5. The summed E-state index contributed by atoms with van der Waals surface area (Å²) in [6.07, 6.45) is -0.178. The topological polar surface area (TPSA) is 123 Å². The number of benzene rings is 2. The minimum absolute atomic E-state index is 0.0477. The first-order chi connectivity index (χ1) is 13.8. The molecule has 2 amide bonds. The standard InChI is InChI=1S/C20H22N4O5/c1-4-29-13-5-6-14(18(9-13)24(27)28)22-19(25)10-17-20(26)23-16-8-12(3)11(2)7-15(16)21-17/h5-9,17,21H,4,10H2,1-3H3,(H,22,25)(H,23,26). The van der Waals surface area contributed by atoms with Crippen molar-refractivity contribution in [1.82, 2.24) is 0 Å². The van der Waals surface area contributed by atoms with Crippen LogP contribution in [0.25, 0.3) is 0 Å². The van der Waals surface area contributed by atoms with Crippen LogP contribution in [0.1, 0.15) is 24.5 Å². The van der Waals surface area contributed by atoms with Gasteiger partial charge in [0.2, 0.25) is 11.8 Å². The molecule has 0 saturated carbocycles. The number of carbonyl (C=O) groups is 2. The maximum Gasteiger partial charge on any atom is 0.296 e.